The molecule has 0 aliphatic rings. The quantitative estimate of drug-likeness (QED) is 0.329. The SMILES string of the molecule is N#CCc1cc(C=CCCN=[N+]=[N-])ccc1F. The lowest BCUT2D eigenvalue weighted by Crippen LogP contribution is -1.89. The Hall–Kier alpha value is -2.31. The summed E-state index contributed by atoms with van der Waals surface area (Å²) in [7, 11) is 0. The summed E-state index contributed by atoms with van der Waals surface area (Å²) < 4.78 is 13.2. The minimum Gasteiger partial charge on any atom is -0.207 e. The van der Waals surface area contributed by atoms with Gasteiger partial charge in [0.2, 0.25) is 0 Å². The van der Waals surface area contributed by atoms with E-state index in [-0.39, 0.29) is 12.2 Å². The fraction of sp³-hybridized carbons (Fsp3) is 0.250. The largest absolute Gasteiger partial charge is 0.207 e. The van der Waals surface area contributed by atoms with Gasteiger partial charge in [-0.2, -0.15) is 5.26 Å². The van der Waals surface area contributed by atoms with E-state index in [0.717, 1.165) is 5.56 Å². The minimum atomic E-state index is -0.363. The lowest BCUT2D eigenvalue weighted by atomic mass is 10.1. The molecule has 0 aliphatic heterocycles. The number of nitriles is 1. The first-order valence-electron chi connectivity index (χ1n) is 5.10. The predicted molar refractivity (Wildman–Crippen MR) is 63.4 cm³/mol. The van der Waals surface area contributed by atoms with Gasteiger partial charge in [-0.3, -0.25) is 0 Å². The Morgan fingerprint density at radius 1 is 1.53 bits per heavy atom. The number of hydrogen-bond donors (Lipinski definition) is 0. The first-order valence-corrected chi connectivity index (χ1v) is 5.10. The summed E-state index contributed by atoms with van der Waals surface area (Å²) in [5, 5.41) is 11.9. The van der Waals surface area contributed by atoms with E-state index in [1.165, 1.54) is 6.07 Å². The van der Waals surface area contributed by atoms with Crippen molar-refractivity contribution in [3.05, 3.63) is 51.7 Å². The molecule has 1 aromatic carbocycles. The normalized spacial score (nSPS) is 9.88. The van der Waals surface area contributed by atoms with Crippen molar-refractivity contribution in [2.45, 2.75) is 12.8 Å². The number of nitrogens with zero attached hydrogens (tertiary/aromatic N) is 4. The molecule has 0 atom stereocenters. The topological polar surface area (TPSA) is 72.5 Å². The Labute approximate surface area is 98.6 Å². The second-order valence-electron chi connectivity index (χ2n) is 3.33. The van der Waals surface area contributed by atoms with Crippen molar-refractivity contribution >= 4 is 6.08 Å². The van der Waals surface area contributed by atoms with Crippen molar-refractivity contribution in [1.82, 2.24) is 0 Å². The van der Waals surface area contributed by atoms with Gasteiger partial charge in [0.1, 0.15) is 5.82 Å². The molecule has 0 bridgehead atoms. The molecule has 17 heavy (non-hydrogen) atoms. The van der Waals surface area contributed by atoms with E-state index >= 15 is 0 Å². The summed E-state index contributed by atoms with van der Waals surface area (Å²) in [6, 6.07) is 6.54. The number of hydrogen-bond acceptors (Lipinski definition) is 2. The van der Waals surface area contributed by atoms with Crippen LogP contribution in [0.25, 0.3) is 16.5 Å². The van der Waals surface area contributed by atoms with E-state index in [4.69, 9.17) is 10.8 Å². The summed E-state index contributed by atoms with van der Waals surface area (Å²) in [6.45, 7) is 0.402. The molecule has 5 heteroatoms. The summed E-state index contributed by atoms with van der Waals surface area (Å²) in [6.07, 6.45) is 4.35. The summed E-state index contributed by atoms with van der Waals surface area (Å²) in [5.41, 5.74) is 9.29. The molecular formula is C12H11FN4. The molecule has 0 heterocycles. The number of benzene rings is 1. The van der Waals surface area contributed by atoms with E-state index in [1.807, 2.05) is 18.2 Å². The van der Waals surface area contributed by atoms with Crippen molar-refractivity contribution < 1.29 is 4.39 Å². The van der Waals surface area contributed by atoms with Gasteiger partial charge in [0.25, 0.3) is 0 Å². The van der Waals surface area contributed by atoms with Crippen LogP contribution >= 0.6 is 0 Å². The van der Waals surface area contributed by atoms with E-state index in [0.29, 0.717) is 18.5 Å². The summed E-state index contributed by atoms with van der Waals surface area (Å²) >= 11 is 0. The molecule has 0 aliphatic carbocycles. The highest BCUT2D eigenvalue weighted by molar-refractivity contribution is 5.50. The molecular weight excluding hydrogens is 219 g/mol. The minimum absolute atomic E-state index is 0.0617. The zero-order valence-electron chi connectivity index (χ0n) is 9.17. The van der Waals surface area contributed by atoms with E-state index in [2.05, 4.69) is 10.0 Å². The molecule has 4 nitrogen and oxygen atoms in total. The van der Waals surface area contributed by atoms with Crippen LogP contribution in [0.3, 0.4) is 0 Å². The number of azide groups is 1. The first-order chi connectivity index (χ1) is 8.27. The van der Waals surface area contributed by atoms with Crippen LogP contribution in [-0.2, 0) is 6.42 Å². The third kappa shape index (κ3) is 4.37. The highest BCUT2D eigenvalue weighted by Crippen LogP contribution is 2.12. The van der Waals surface area contributed by atoms with Gasteiger partial charge < -0.3 is 0 Å². The molecule has 86 valence electrons. The van der Waals surface area contributed by atoms with Crippen molar-refractivity contribution in [1.29, 1.82) is 5.26 Å². The van der Waals surface area contributed by atoms with Crippen molar-refractivity contribution in [2.75, 3.05) is 6.54 Å². The highest BCUT2D eigenvalue weighted by atomic mass is 19.1. The predicted octanol–water partition coefficient (Wildman–Crippen LogP) is 3.61. The Morgan fingerprint density at radius 2 is 2.35 bits per heavy atom. The van der Waals surface area contributed by atoms with Gasteiger partial charge in [0.15, 0.2) is 0 Å². The molecule has 0 saturated carbocycles. The zero-order valence-corrected chi connectivity index (χ0v) is 9.17. The van der Waals surface area contributed by atoms with Crippen LogP contribution in [0, 0.1) is 17.1 Å². The van der Waals surface area contributed by atoms with Crippen LogP contribution in [0.5, 0.6) is 0 Å². The first kappa shape index (κ1) is 12.8. The molecule has 0 aromatic heterocycles. The maximum Gasteiger partial charge on any atom is 0.127 e. The molecule has 1 rings (SSSR count). The molecule has 0 saturated heterocycles. The fourth-order valence-electron chi connectivity index (χ4n) is 1.32. The van der Waals surface area contributed by atoms with Crippen LogP contribution in [0.4, 0.5) is 4.39 Å². The van der Waals surface area contributed by atoms with Gasteiger partial charge in [0.05, 0.1) is 12.5 Å². The van der Waals surface area contributed by atoms with Crippen LogP contribution in [0.15, 0.2) is 29.4 Å². The van der Waals surface area contributed by atoms with E-state index in [9.17, 15) is 4.39 Å². The van der Waals surface area contributed by atoms with E-state index in [1.54, 1.807) is 12.1 Å². The number of rotatable bonds is 5. The third-order valence-corrected chi connectivity index (χ3v) is 2.11. The molecule has 0 radical (unpaired) electrons. The monoisotopic (exact) mass is 230 g/mol. The maximum absolute atomic E-state index is 13.2. The van der Waals surface area contributed by atoms with Crippen molar-refractivity contribution in [3.8, 4) is 6.07 Å². The molecule has 0 fully saturated rings. The van der Waals surface area contributed by atoms with Crippen LogP contribution in [0.1, 0.15) is 17.5 Å². The van der Waals surface area contributed by atoms with Crippen molar-refractivity contribution in [3.63, 3.8) is 0 Å². The number of halogens is 1. The fourth-order valence-corrected chi connectivity index (χ4v) is 1.32. The van der Waals surface area contributed by atoms with Crippen LogP contribution in [0.2, 0.25) is 0 Å². The maximum atomic E-state index is 13.2. The molecule has 0 amide bonds. The highest BCUT2D eigenvalue weighted by Gasteiger charge is 2.01. The second kappa shape index (κ2) is 7.04. The van der Waals surface area contributed by atoms with Gasteiger partial charge >= 0.3 is 0 Å². The van der Waals surface area contributed by atoms with Gasteiger partial charge in [-0.25, -0.2) is 4.39 Å². The Morgan fingerprint density at radius 3 is 3.06 bits per heavy atom. The molecule has 0 spiro atoms. The summed E-state index contributed by atoms with van der Waals surface area (Å²) in [5.74, 6) is -0.363. The molecule has 1 aromatic rings. The van der Waals surface area contributed by atoms with Crippen molar-refractivity contribution in [2.24, 2.45) is 5.11 Å². The molecule has 0 unspecified atom stereocenters. The average Bonchev–Trinajstić information content (AvgIpc) is 2.33. The standard InChI is InChI=1S/C12H11FN4/c13-12-5-4-10(9-11(12)6-7-14)3-1-2-8-16-17-15/h1,3-5,9H,2,6,8H2. The average molecular weight is 230 g/mol. The van der Waals surface area contributed by atoms with Crippen LogP contribution in [-0.4, -0.2) is 6.54 Å². The Bertz CT molecular complexity index is 496. The van der Waals surface area contributed by atoms with Gasteiger partial charge in [-0.05, 0) is 29.6 Å². The second-order valence-corrected chi connectivity index (χ2v) is 3.33. The zero-order chi connectivity index (χ0) is 12.5. The Kier molecular flexibility index (Phi) is 5.29. The third-order valence-electron chi connectivity index (χ3n) is 2.11. The van der Waals surface area contributed by atoms with Gasteiger partial charge in [-0.15, -0.1) is 0 Å². The smallest absolute Gasteiger partial charge is 0.127 e. The van der Waals surface area contributed by atoms with Gasteiger partial charge in [-0.1, -0.05) is 23.3 Å². The lowest BCUT2D eigenvalue weighted by molar-refractivity contribution is 0.615. The Balaban J connectivity index is 2.68. The lowest BCUT2D eigenvalue weighted by Gasteiger charge is -1.99. The van der Waals surface area contributed by atoms with Gasteiger partial charge in [0, 0.05) is 17.0 Å². The summed E-state index contributed by atoms with van der Waals surface area (Å²) in [4.78, 5) is 2.64. The molecule has 0 N–H and O–H groups in total. The van der Waals surface area contributed by atoms with Crippen LogP contribution < -0.4 is 0 Å². The van der Waals surface area contributed by atoms with E-state index < -0.39 is 0 Å².